The number of rotatable bonds is 6. The molecule has 0 saturated carbocycles. The van der Waals surface area contributed by atoms with Gasteiger partial charge in [0.1, 0.15) is 0 Å². The summed E-state index contributed by atoms with van der Waals surface area (Å²) in [5.74, 6) is 0. The summed E-state index contributed by atoms with van der Waals surface area (Å²) >= 11 is 0. The van der Waals surface area contributed by atoms with Gasteiger partial charge in [-0.3, -0.25) is 0 Å². The minimum atomic E-state index is -0.494. The highest BCUT2D eigenvalue weighted by Gasteiger charge is 2.46. The Hall–Kier alpha value is -6.96. The van der Waals surface area contributed by atoms with Crippen molar-refractivity contribution in [2.75, 3.05) is 4.90 Å². The summed E-state index contributed by atoms with van der Waals surface area (Å²) in [5.41, 5.74) is 18.3. The summed E-state index contributed by atoms with van der Waals surface area (Å²) in [6.45, 7) is 4.73. The van der Waals surface area contributed by atoms with Crippen LogP contribution in [0.4, 0.5) is 17.1 Å². The van der Waals surface area contributed by atoms with Crippen LogP contribution in [0.25, 0.3) is 44.2 Å². The summed E-state index contributed by atoms with van der Waals surface area (Å²) in [6.07, 6.45) is 0. The highest BCUT2D eigenvalue weighted by atomic mass is 15.1. The summed E-state index contributed by atoms with van der Waals surface area (Å²) in [5, 5.41) is 2.50. The number of benzene rings is 9. The molecule has 0 atom stereocenters. The molecular formula is C56H41N. The Morgan fingerprint density at radius 3 is 1.54 bits per heavy atom. The molecule has 0 heterocycles. The average Bonchev–Trinajstić information content (AvgIpc) is 3.70. The predicted molar refractivity (Wildman–Crippen MR) is 239 cm³/mol. The van der Waals surface area contributed by atoms with Crippen molar-refractivity contribution < 1.29 is 0 Å². The molecule has 0 aliphatic heterocycles. The van der Waals surface area contributed by atoms with Crippen LogP contribution in [0.2, 0.25) is 0 Å². The number of para-hydroxylation sites is 1. The number of fused-ring (bicyclic) bond motifs is 7. The van der Waals surface area contributed by atoms with E-state index in [9.17, 15) is 0 Å². The summed E-state index contributed by atoms with van der Waals surface area (Å²) in [7, 11) is 0. The van der Waals surface area contributed by atoms with Crippen molar-refractivity contribution in [3.8, 4) is 33.4 Å². The third-order valence-electron chi connectivity index (χ3n) is 12.7. The van der Waals surface area contributed by atoms with Crippen molar-refractivity contribution >= 4 is 27.8 Å². The van der Waals surface area contributed by atoms with Crippen LogP contribution in [0.1, 0.15) is 47.2 Å². The van der Waals surface area contributed by atoms with E-state index in [2.05, 4.69) is 231 Å². The van der Waals surface area contributed by atoms with Gasteiger partial charge in [-0.05, 0) is 108 Å². The quantitative estimate of drug-likeness (QED) is 0.165. The Balaban J connectivity index is 1.13. The summed E-state index contributed by atoms with van der Waals surface area (Å²) in [6, 6.07) is 78.8. The van der Waals surface area contributed by atoms with Crippen molar-refractivity contribution in [3.05, 3.63) is 246 Å². The van der Waals surface area contributed by atoms with Crippen molar-refractivity contribution in [2.24, 2.45) is 0 Å². The lowest BCUT2D eigenvalue weighted by atomic mass is 9.67. The standard InChI is InChI=1S/C56H41N/c1-55(2)50-24-12-8-21-46(50)49-35-34-44(37-53(49)55)57(54-27-15-11-20-45(54)39-17-4-3-5-18-39)43-32-30-41(31-33-43)56(42-29-28-38-16-6-7-19-40(38)36-42)51-25-13-9-22-47(51)48-23-10-14-26-52(48)56/h3-37H,1-2H3. The highest BCUT2D eigenvalue weighted by molar-refractivity contribution is 5.92. The van der Waals surface area contributed by atoms with Crippen LogP contribution in [-0.2, 0) is 10.8 Å². The second kappa shape index (κ2) is 12.8. The maximum atomic E-state index is 2.46. The normalized spacial score (nSPS) is 14.1. The smallest absolute Gasteiger partial charge is 0.0713 e. The maximum Gasteiger partial charge on any atom is 0.0713 e. The Morgan fingerprint density at radius 1 is 0.333 bits per heavy atom. The first-order valence-electron chi connectivity index (χ1n) is 20.0. The van der Waals surface area contributed by atoms with Gasteiger partial charge in [0.25, 0.3) is 0 Å². The number of nitrogens with zero attached hydrogens (tertiary/aromatic N) is 1. The molecule has 9 aromatic rings. The highest BCUT2D eigenvalue weighted by Crippen LogP contribution is 2.57. The summed E-state index contributed by atoms with van der Waals surface area (Å²) < 4.78 is 0. The molecule has 0 unspecified atom stereocenters. The molecule has 0 bridgehead atoms. The van der Waals surface area contributed by atoms with E-state index in [1.165, 1.54) is 77.5 Å². The zero-order chi connectivity index (χ0) is 38.1. The van der Waals surface area contributed by atoms with E-state index in [4.69, 9.17) is 0 Å². The molecule has 9 aromatic carbocycles. The van der Waals surface area contributed by atoms with E-state index < -0.39 is 5.41 Å². The predicted octanol–water partition coefficient (Wildman–Crippen LogP) is 14.6. The van der Waals surface area contributed by atoms with Gasteiger partial charge in [-0.15, -0.1) is 0 Å². The Bertz CT molecular complexity index is 2940. The fourth-order valence-corrected chi connectivity index (χ4v) is 10.1. The third kappa shape index (κ3) is 4.95. The number of hydrogen-bond donors (Lipinski definition) is 0. The molecule has 270 valence electrons. The Morgan fingerprint density at radius 2 is 0.842 bits per heavy atom. The minimum absolute atomic E-state index is 0.119. The molecule has 0 spiro atoms. The van der Waals surface area contributed by atoms with Gasteiger partial charge in [-0.1, -0.05) is 190 Å². The molecular weight excluding hydrogens is 687 g/mol. The van der Waals surface area contributed by atoms with E-state index >= 15 is 0 Å². The molecule has 1 nitrogen and oxygen atoms in total. The first kappa shape index (κ1) is 33.4. The number of anilines is 3. The van der Waals surface area contributed by atoms with Crippen LogP contribution in [0.3, 0.4) is 0 Å². The average molecular weight is 728 g/mol. The van der Waals surface area contributed by atoms with Gasteiger partial charge in [-0.2, -0.15) is 0 Å². The summed E-state index contributed by atoms with van der Waals surface area (Å²) in [4.78, 5) is 2.46. The Labute approximate surface area is 335 Å². The molecule has 11 rings (SSSR count). The van der Waals surface area contributed by atoms with Crippen molar-refractivity contribution in [2.45, 2.75) is 24.7 Å². The molecule has 0 radical (unpaired) electrons. The SMILES string of the molecule is CC1(C)c2ccccc2-c2ccc(N(c3ccc(C4(c5ccc6ccccc6c5)c5ccccc5-c5ccccc54)cc3)c3ccccc3-c3ccccc3)cc21. The molecule has 2 aliphatic rings. The van der Waals surface area contributed by atoms with Gasteiger partial charge < -0.3 is 4.90 Å². The van der Waals surface area contributed by atoms with Crippen molar-refractivity contribution in [1.29, 1.82) is 0 Å². The molecule has 0 amide bonds. The fraction of sp³-hybridized carbons (Fsp3) is 0.0714. The molecule has 0 fully saturated rings. The van der Waals surface area contributed by atoms with E-state index in [0.717, 1.165) is 17.1 Å². The molecule has 0 N–H and O–H groups in total. The van der Waals surface area contributed by atoms with Crippen LogP contribution in [0, 0.1) is 0 Å². The second-order valence-corrected chi connectivity index (χ2v) is 16.1. The van der Waals surface area contributed by atoms with Crippen LogP contribution in [0.5, 0.6) is 0 Å². The van der Waals surface area contributed by atoms with E-state index in [-0.39, 0.29) is 5.41 Å². The van der Waals surface area contributed by atoms with Crippen LogP contribution in [0.15, 0.2) is 212 Å². The monoisotopic (exact) mass is 727 g/mol. The van der Waals surface area contributed by atoms with Crippen molar-refractivity contribution in [1.82, 2.24) is 0 Å². The lowest BCUT2D eigenvalue weighted by Gasteiger charge is -2.35. The maximum absolute atomic E-state index is 2.46. The zero-order valence-electron chi connectivity index (χ0n) is 32.2. The second-order valence-electron chi connectivity index (χ2n) is 16.1. The molecule has 0 aromatic heterocycles. The van der Waals surface area contributed by atoms with Gasteiger partial charge >= 0.3 is 0 Å². The van der Waals surface area contributed by atoms with Gasteiger partial charge in [0.15, 0.2) is 0 Å². The molecule has 1 heteroatoms. The van der Waals surface area contributed by atoms with Crippen molar-refractivity contribution in [3.63, 3.8) is 0 Å². The van der Waals surface area contributed by atoms with Crippen LogP contribution >= 0.6 is 0 Å². The largest absolute Gasteiger partial charge is 0.310 e. The van der Waals surface area contributed by atoms with Gasteiger partial charge in [0, 0.05) is 22.4 Å². The van der Waals surface area contributed by atoms with Gasteiger partial charge in [0.05, 0.1) is 11.1 Å². The van der Waals surface area contributed by atoms with Gasteiger partial charge in [0.2, 0.25) is 0 Å². The Kier molecular flexibility index (Phi) is 7.50. The lowest BCUT2D eigenvalue weighted by Crippen LogP contribution is -2.28. The van der Waals surface area contributed by atoms with Crippen LogP contribution < -0.4 is 4.90 Å². The molecule has 2 aliphatic carbocycles. The van der Waals surface area contributed by atoms with Gasteiger partial charge in [-0.25, -0.2) is 0 Å². The van der Waals surface area contributed by atoms with E-state index in [0.29, 0.717) is 0 Å². The lowest BCUT2D eigenvalue weighted by molar-refractivity contribution is 0.660. The van der Waals surface area contributed by atoms with E-state index in [1.807, 2.05) is 0 Å². The minimum Gasteiger partial charge on any atom is -0.310 e. The zero-order valence-corrected chi connectivity index (χ0v) is 32.2. The molecule has 0 saturated heterocycles. The first-order valence-corrected chi connectivity index (χ1v) is 20.0. The fourth-order valence-electron chi connectivity index (χ4n) is 10.1. The number of hydrogen-bond acceptors (Lipinski definition) is 1. The van der Waals surface area contributed by atoms with Crippen LogP contribution in [-0.4, -0.2) is 0 Å². The topological polar surface area (TPSA) is 3.24 Å². The van der Waals surface area contributed by atoms with E-state index in [1.54, 1.807) is 0 Å². The molecule has 57 heavy (non-hydrogen) atoms. The first-order chi connectivity index (χ1) is 28.0. The third-order valence-corrected chi connectivity index (χ3v) is 12.7.